The van der Waals surface area contributed by atoms with Crippen LogP contribution in [0.5, 0.6) is 0 Å². The average molecular weight is 267 g/mol. The first-order chi connectivity index (χ1) is 9.75. The first kappa shape index (κ1) is 13.3. The Bertz CT molecular complexity index is 541. The zero-order valence-electron chi connectivity index (χ0n) is 11.7. The molecule has 2 N–H and O–H groups in total. The lowest BCUT2D eigenvalue weighted by Gasteiger charge is -2.32. The van der Waals surface area contributed by atoms with E-state index in [2.05, 4.69) is 53.8 Å². The Hall–Kier alpha value is -1.64. The molecule has 0 aliphatic carbocycles. The van der Waals surface area contributed by atoms with Crippen LogP contribution >= 0.6 is 0 Å². The van der Waals surface area contributed by atoms with Crippen LogP contribution in [0.3, 0.4) is 0 Å². The number of hydrogen-bond donors (Lipinski definition) is 2. The molecule has 2 heteroatoms. The van der Waals surface area contributed by atoms with Crippen LogP contribution < -0.4 is 5.32 Å². The Morgan fingerprint density at radius 1 is 0.950 bits per heavy atom. The molecule has 1 saturated heterocycles. The number of benzene rings is 2. The number of piperidine rings is 1. The van der Waals surface area contributed by atoms with Crippen molar-refractivity contribution in [3.05, 3.63) is 60.2 Å². The minimum Gasteiger partial charge on any atom is -0.388 e. The van der Waals surface area contributed by atoms with E-state index in [1.807, 2.05) is 6.07 Å². The molecule has 0 spiro atoms. The summed E-state index contributed by atoms with van der Waals surface area (Å²) in [6, 6.07) is 18.9. The Balaban J connectivity index is 1.73. The standard InChI is InChI=1S/C18H21NO/c20-18(11-4-12-19-14-18)13-15-7-9-17(10-8-15)16-5-2-1-3-6-16/h1-3,5-10,19-20H,4,11-14H2. The fourth-order valence-electron chi connectivity index (χ4n) is 2.93. The summed E-state index contributed by atoms with van der Waals surface area (Å²) in [5.74, 6) is 0. The third-order valence-corrected chi connectivity index (χ3v) is 4.04. The molecule has 0 amide bonds. The molecular weight excluding hydrogens is 246 g/mol. The Kier molecular flexibility index (Phi) is 3.86. The number of nitrogens with one attached hydrogen (secondary N) is 1. The second-order valence-corrected chi connectivity index (χ2v) is 5.74. The van der Waals surface area contributed by atoms with Crippen molar-refractivity contribution in [3.8, 4) is 11.1 Å². The van der Waals surface area contributed by atoms with E-state index in [4.69, 9.17) is 0 Å². The fourth-order valence-corrected chi connectivity index (χ4v) is 2.93. The summed E-state index contributed by atoms with van der Waals surface area (Å²) in [7, 11) is 0. The summed E-state index contributed by atoms with van der Waals surface area (Å²) in [6.07, 6.45) is 2.67. The lowest BCUT2D eigenvalue weighted by molar-refractivity contribution is 0.0169. The number of aliphatic hydroxyl groups is 1. The smallest absolute Gasteiger partial charge is 0.0812 e. The minimum absolute atomic E-state index is 0.577. The van der Waals surface area contributed by atoms with Gasteiger partial charge >= 0.3 is 0 Å². The van der Waals surface area contributed by atoms with Crippen LogP contribution in [0, 0.1) is 0 Å². The number of β-amino-alcohol motifs (C(OH)–C–C–N with tert-alkyl or cyclic N) is 1. The highest BCUT2D eigenvalue weighted by molar-refractivity contribution is 5.63. The molecule has 1 atom stereocenters. The molecule has 1 aliphatic rings. The van der Waals surface area contributed by atoms with E-state index in [9.17, 15) is 5.11 Å². The van der Waals surface area contributed by atoms with Crippen molar-refractivity contribution < 1.29 is 5.11 Å². The lowest BCUT2D eigenvalue weighted by Crippen LogP contribution is -2.47. The van der Waals surface area contributed by atoms with E-state index in [0.29, 0.717) is 6.54 Å². The highest BCUT2D eigenvalue weighted by Crippen LogP contribution is 2.24. The molecule has 0 bridgehead atoms. The quantitative estimate of drug-likeness (QED) is 0.896. The van der Waals surface area contributed by atoms with Gasteiger partial charge < -0.3 is 10.4 Å². The summed E-state index contributed by atoms with van der Waals surface area (Å²) < 4.78 is 0. The van der Waals surface area contributed by atoms with E-state index in [1.165, 1.54) is 16.7 Å². The van der Waals surface area contributed by atoms with Crippen molar-refractivity contribution in [1.82, 2.24) is 5.32 Å². The predicted octanol–water partition coefficient (Wildman–Crippen LogP) is 3.01. The van der Waals surface area contributed by atoms with Crippen molar-refractivity contribution in [3.63, 3.8) is 0 Å². The largest absolute Gasteiger partial charge is 0.388 e. The summed E-state index contributed by atoms with van der Waals surface area (Å²) in [6.45, 7) is 1.72. The van der Waals surface area contributed by atoms with Crippen LogP contribution in [-0.4, -0.2) is 23.8 Å². The van der Waals surface area contributed by atoms with Gasteiger partial charge in [-0.25, -0.2) is 0 Å². The molecule has 0 saturated carbocycles. The van der Waals surface area contributed by atoms with Gasteiger partial charge in [0.15, 0.2) is 0 Å². The van der Waals surface area contributed by atoms with Crippen LogP contribution in [0.2, 0.25) is 0 Å². The molecule has 1 unspecified atom stereocenters. The van der Waals surface area contributed by atoms with Gasteiger partial charge in [0.2, 0.25) is 0 Å². The molecule has 2 nitrogen and oxygen atoms in total. The van der Waals surface area contributed by atoms with Crippen molar-refractivity contribution in [1.29, 1.82) is 0 Å². The highest BCUT2D eigenvalue weighted by Gasteiger charge is 2.29. The molecule has 0 radical (unpaired) electrons. The maximum absolute atomic E-state index is 10.5. The zero-order valence-corrected chi connectivity index (χ0v) is 11.7. The topological polar surface area (TPSA) is 32.3 Å². The summed E-state index contributed by atoms with van der Waals surface area (Å²) in [5, 5.41) is 13.8. The molecule has 104 valence electrons. The summed E-state index contributed by atoms with van der Waals surface area (Å²) in [5.41, 5.74) is 3.09. The van der Waals surface area contributed by atoms with Gasteiger partial charge in [-0.05, 0) is 36.1 Å². The zero-order chi connectivity index (χ0) is 13.8. The second-order valence-electron chi connectivity index (χ2n) is 5.74. The molecule has 1 aliphatic heterocycles. The Morgan fingerprint density at radius 3 is 2.30 bits per heavy atom. The van der Waals surface area contributed by atoms with Crippen molar-refractivity contribution >= 4 is 0 Å². The van der Waals surface area contributed by atoms with E-state index < -0.39 is 5.60 Å². The van der Waals surface area contributed by atoms with Gasteiger partial charge in [-0.1, -0.05) is 54.6 Å². The molecule has 3 rings (SSSR count). The molecule has 2 aromatic carbocycles. The SMILES string of the molecule is OC1(Cc2ccc(-c3ccccc3)cc2)CCCNC1. The maximum atomic E-state index is 10.5. The van der Waals surface area contributed by atoms with Crippen molar-refractivity contribution in [2.45, 2.75) is 24.9 Å². The van der Waals surface area contributed by atoms with Crippen LogP contribution in [0.1, 0.15) is 18.4 Å². The first-order valence-corrected chi connectivity index (χ1v) is 7.33. The molecule has 0 aromatic heterocycles. The van der Waals surface area contributed by atoms with Crippen LogP contribution in [-0.2, 0) is 6.42 Å². The second kappa shape index (κ2) is 5.78. The highest BCUT2D eigenvalue weighted by atomic mass is 16.3. The van der Waals surface area contributed by atoms with Crippen LogP contribution in [0.25, 0.3) is 11.1 Å². The van der Waals surface area contributed by atoms with Crippen LogP contribution in [0.4, 0.5) is 0 Å². The van der Waals surface area contributed by atoms with Gasteiger partial charge in [-0.2, -0.15) is 0 Å². The van der Waals surface area contributed by atoms with E-state index in [-0.39, 0.29) is 0 Å². The normalized spacial score (nSPS) is 22.6. The molecular formula is C18H21NO. The minimum atomic E-state index is -0.577. The monoisotopic (exact) mass is 267 g/mol. The maximum Gasteiger partial charge on any atom is 0.0812 e. The Morgan fingerprint density at radius 2 is 1.65 bits per heavy atom. The van der Waals surface area contributed by atoms with Crippen molar-refractivity contribution in [2.24, 2.45) is 0 Å². The molecule has 2 aromatic rings. The summed E-state index contributed by atoms with van der Waals surface area (Å²) >= 11 is 0. The van der Waals surface area contributed by atoms with E-state index in [1.54, 1.807) is 0 Å². The third-order valence-electron chi connectivity index (χ3n) is 4.04. The van der Waals surface area contributed by atoms with E-state index >= 15 is 0 Å². The number of rotatable bonds is 3. The van der Waals surface area contributed by atoms with Gasteiger partial charge in [0, 0.05) is 13.0 Å². The third kappa shape index (κ3) is 3.09. The molecule has 20 heavy (non-hydrogen) atoms. The Labute approximate surface area is 120 Å². The van der Waals surface area contributed by atoms with Crippen molar-refractivity contribution in [2.75, 3.05) is 13.1 Å². The fraction of sp³-hybridized carbons (Fsp3) is 0.333. The predicted molar refractivity (Wildman–Crippen MR) is 82.6 cm³/mol. The van der Waals surface area contributed by atoms with Gasteiger partial charge in [0.05, 0.1) is 5.60 Å². The van der Waals surface area contributed by atoms with Crippen LogP contribution in [0.15, 0.2) is 54.6 Å². The molecule has 1 fully saturated rings. The molecule has 1 heterocycles. The van der Waals surface area contributed by atoms with E-state index in [0.717, 1.165) is 25.8 Å². The van der Waals surface area contributed by atoms with Gasteiger partial charge in [0.25, 0.3) is 0 Å². The first-order valence-electron chi connectivity index (χ1n) is 7.33. The lowest BCUT2D eigenvalue weighted by atomic mass is 9.87. The van der Waals surface area contributed by atoms with Gasteiger partial charge in [0.1, 0.15) is 0 Å². The summed E-state index contributed by atoms with van der Waals surface area (Å²) in [4.78, 5) is 0. The van der Waals surface area contributed by atoms with Gasteiger partial charge in [-0.3, -0.25) is 0 Å². The van der Waals surface area contributed by atoms with Gasteiger partial charge in [-0.15, -0.1) is 0 Å². The number of hydrogen-bond acceptors (Lipinski definition) is 2. The average Bonchev–Trinajstić information content (AvgIpc) is 2.49.